The molecule has 7 unspecified atom stereocenters. The Hall–Kier alpha value is -0.0400. The summed E-state index contributed by atoms with van der Waals surface area (Å²) in [7, 11) is 0. The summed E-state index contributed by atoms with van der Waals surface area (Å²) in [4.78, 5) is 0. The number of nitrogens with two attached hydrogens (primary N) is 1. The van der Waals surface area contributed by atoms with Gasteiger partial charge >= 0.3 is 0 Å². The molecule has 0 amide bonds. The quantitative estimate of drug-likeness (QED) is 0.593. The molecule has 60 valence electrons. The van der Waals surface area contributed by atoms with Crippen molar-refractivity contribution in [2.24, 2.45) is 46.7 Å². The molecule has 0 aromatic rings. The van der Waals surface area contributed by atoms with Crippen LogP contribution in [0.5, 0.6) is 0 Å². The summed E-state index contributed by atoms with van der Waals surface area (Å²) in [5, 5.41) is 0. The predicted octanol–water partition coefficient (Wildman–Crippen LogP) is 1.09. The Morgan fingerprint density at radius 1 is 1.36 bits per heavy atom. The van der Waals surface area contributed by atoms with Gasteiger partial charge in [-0.05, 0) is 53.9 Å². The molecule has 0 radical (unpaired) electrons. The lowest BCUT2D eigenvalue weighted by atomic mass is 9.12. The van der Waals surface area contributed by atoms with Gasteiger partial charge in [-0.2, -0.15) is 0 Å². The number of rotatable bonds is 1. The fourth-order valence-corrected chi connectivity index (χ4v) is 5.54. The minimum Gasteiger partial charge on any atom is -0.330 e. The number of hydrogen-bond acceptors (Lipinski definition) is 1. The molecule has 2 N–H and O–H groups in total. The van der Waals surface area contributed by atoms with Crippen LogP contribution in [-0.2, 0) is 0 Å². The fourth-order valence-electron chi connectivity index (χ4n) is 5.54. The molecule has 0 spiro atoms. The highest BCUT2D eigenvalue weighted by Crippen LogP contribution is 2.91. The summed E-state index contributed by atoms with van der Waals surface area (Å²) in [6.07, 6.45) is 1.50. The lowest BCUT2D eigenvalue weighted by Gasteiger charge is -2.93. The Morgan fingerprint density at radius 3 is 2.55 bits per heavy atom. The summed E-state index contributed by atoms with van der Waals surface area (Å²) in [6, 6.07) is 0. The van der Waals surface area contributed by atoms with Crippen LogP contribution in [-0.4, -0.2) is 6.54 Å². The molecule has 11 heavy (non-hydrogen) atoms. The second-order valence-electron chi connectivity index (χ2n) is 5.37. The van der Waals surface area contributed by atoms with Crippen LogP contribution < -0.4 is 5.73 Å². The second-order valence-corrected chi connectivity index (χ2v) is 5.37. The Morgan fingerprint density at radius 2 is 2.18 bits per heavy atom. The monoisotopic (exact) mass is 149 g/mol. The highest BCUT2D eigenvalue weighted by Gasteiger charge is 2.87. The molecule has 0 aromatic heterocycles. The molecule has 4 aliphatic rings. The lowest BCUT2D eigenvalue weighted by Crippen LogP contribution is -2.90. The Bertz CT molecular complexity index is 237. The molecule has 0 heterocycles. The van der Waals surface area contributed by atoms with Crippen molar-refractivity contribution in [3.05, 3.63) is 0 Å². The van der Waals surface area contributed by atoms with Crippen LogP contribution in [0.15, 0.2) is 0 Å². The molecule has 4 saturated carbocycles. The zero-order valence-electron chi connectivity index (χ0n) is 6.96. The Labute approximate surface area is 67.3 Å². The highest BCUT2D eigenvalue weighted by molar-refractivity contribution is 5.35. The molecule has 0 saturated heterocycles. The smallest absolute Gasteiger partial charge is 0.00147 e. The van der Waals surface area contributed by atoms with Gasteiger partial charge in [-0.1, -0.05) is 6.92 Å². The van der Waals surface area contributed by atoms with Crippen LogP contribution in [0.1, 0.15) is 13.3 Å². The first-order valence-electron chi connectivity index (χ1n) is 5.01. The normalized spacial score (nSPS) is 80.2. The zero-order chi connectivity index (χ0) is 7.38. The van der Waals surface area contributed by atoms with Gasteiger partial charge in [0, 0.05) is 0 Å². The molecule has 0 aliphatic heterocycles. The van der Waals surface area contributed by atoms with Gasteiger partial charge in [-0.25, -0.2) is 0 Å². The fraction of sp³-hybridized carbons (Fsp3) is 1.00. The van der Waals surface area contributed by atoms with E-state index in [2.05, 4.69) is 6.92 Å². The SMILES string of the molecule is CC1C2C3CC4(CN)C1C2C34. The van der Waals surface area contributed by atoms with Gasteiger partial charge in [0.1, 0.15) is 0 Å². The van der Waals surface area contributed by atoms with Crippen LogP contribution in [0, 0.1) is 40.9 Å². The van der Waals surface area contributed by atoms with Gasteiger partial charge in [-0.15, -0.1) is 0 Å². The largest absolute Gasteiger partial charge is 0.330 e. The van der Waals surface area contributed by atoms with E-state index in [1.807, 2.05) is 0 Å². The third-order valence-electron chi connectivity index (χ3n) is 5.73. The first-order chi connectivity index (χ1) is 5.31. The van der Waals surface area contributed by atoms with E-state index < -0.39 is 0 Å². The van der Waals surface area contributed by atoms with Crippen LogP contribution in [0.4, 0.5) is 0 Å². The minimum absolute atomic E-state index is 0.698. The van der Waals surface area contributed by atoms with Crippen LogP contribution >= 0.6 is 0 Å². The van der Waals surface area contributed by atoms with Gasteiger partial charge in [0.25, 0.3) is 0 Å². The maximum atomic E-state index is 5.87. The molecule has 7 atom stereocenters. The van der Waals surface area contributed by atoms with Crippen LogP contribution in [0.25, 0.3) is 0 Å². The molecule has 4 aliphatic carbocycles. The Balaban J connectivity index is 1.80. The van der Waals surface area contributed by atoms with E-state index >= 15 is 0 Å². The van der Waals surface area contributed by atoms with Gasteiger partial charge < -0.3 is 5.73 Å². The average Bonchev–Trinajstić information content (AvgIpc) is 2.02. The van der Waals surface area contributed by atoms with Crippen molar-refractivity contribution in [3.8, 4) is 0 Å². The Kier molecular flexibility index (Phi) is 0.602. The van der Waals surface area contributed by atoms with E-state index in [-0.39, 0.29) is 0 Å². The average molecular weight is 149 g/mol. The van der Waals surface area contributed by atoms with Gasteiger partial charge in [-0.3, -0.25) is 0 Å². The topological polar surface area (TPSA) is 26.0 Å². The van der Waals surface area contributed by atoms with E-state index in [0.29, 0.717) is 5.41 Å². The maximum absolute atomic E-state index is 5.87. The number of hydrogen-bond donors (Lipinski definition) is 1. The van der Waals surface area contributed by atoms with Crippen molar-refractivity contribution in [2.45, 2.75) is 13.3 Å². The van der Waals surface area contributed by atoms with E-state index in [9.17, 15) is 0 Å². The van der Waals surface area contributed by atoms with Gasteiger partial charge in [0.05, 0.1) is 0 Å². The van der Waals surface area contributed by atoms with Crippen molar-refractivity contribution in [1.82, 2.24) is 0 Å². The van der Waals surface area contributed by atoms with Crippen molar-refractivity contribution in [3.63, 3.8) is 0 Å². The van der Waals surface area contributed by atoms with Crippen molar-refractivity contribution in [2.75, 3.05) is 6.54 Å². The van der Waals surface area contributed by atoms with E-state index in [0.717, 1.165) is 30.2 Å². The van der Waals surface area contributed by atoms with E-state index in [1.165, 1.54) is 18.3 Å². The molecule has 4 rings (SSSR count). The highest BCUT2D eigenvalue weighted by atomic mass is 14.9. The minimum atomic E-state index is 0.698. The molecular formula is C10H15N. The molecule has 1 heteroatoms. The molecule has 4 fully saturated rings. The van der Waals surface area contributed by atoms with E-state index in [1.54, 1.807) is 0 Å². The molecule has 1 nitrogen and oxygen atoms in total. The third kappa shape index (κ3) is 0.274. The zero-order valence-corrected chi connectivity index (χ0v) is 6.96. The van der Waals surface area contributed by atoms with Gasteiger partial charge in [0.15, 0.2) is 0 Å². The summed E-state index contributed by atoms with van der Waals surface area (Å²) in [6.45, 7) is 3.45. The summed E-state index contributed by atoms with van der Waals surface area (Å²) in [5.74, 6) is 6.73. The standard InChI is InChI=1S/C10H15N/c1-4-6-5-2-10(3-11)8(4)7(6)9(5)10/h4-9H,2-3,11H2,1H3. The predicted molar refractivity (Wildman–Crippen MR) is 42.7 cm³/mol. The van der Waals surface area contributed by atoms with Crippen molar-refractivity contribution < 1.29 is 0 Å². The third-order valence-corrected chi connectivity index (χ3v) is 5.73. The first kappa shape index (κ1) is 5.58. The summed E-state index contributed by atoms with van der Waals surface area (Å²) >= 11 is 0. The van der Waals surface area contributed by atoms with E-state index in [4.69, 9.17) is 5.73 Å². The second kappa shape index (κ2) is 1.19. The van der Waals surface area contributed by atoms with Crippen LogP contribution in [0.3, 0.4) is 0 Å². The summed E-state index contributed by atoms with van der Waals surface area (Å²) in [5.41, 5.74) is 6.57. The lowest BCUT2D eigenvalue weighted by molar-refractivity contribution is -0.451. The van der Waals surface area contributed by atoms with Crippen molar-refractivity contribution in [1.29, 1.82) is 0 Å². The molecule has 0 bridgehead atoms. The molecular weight excluding hydrogens is 134 g/mol. The maximum Gasteiger partial charge on any atom is -0.00147 e. The van der Waals surface area contributed by atoms with Crippen LogP contribution in [0.2, 0.25) is 0 Å². The number of fused-ring (bicyclic) bond motifs is 2. The summed E-state index contributed by atoms with van der Waals surface area (Å²) < 4.78 is 0. The van der Waals surface area contributed by atoms with Crippen molar-refractivity contribution >= 4 is 0 Å². The first-order valence-corrected chi connectivity index (χ1v) is 5.01. The molecule has 0 aromatic carbocycles. The van der Waals surface area contributed by atoms with Gasteiger partial charge in [0.2, 0.25) is 0 Å².